The Morgan fingerprint density at radius 1 is 1.79 bits per heavy atom. The van der Waals surface area contributed by atoms with Crippen molar-refractivity contribution in [1.29, 1.82) is 0 Å². The van der Waals surface area contributed by atoms with Crippen molar-refractivity contribution in [2.75, 3.05) is 5.75 Å². The lowest BCUT2D eigenvalue weighted by molar-refractivity contribution is -0.132. The van der Waals surface area contributed by atoms with Crippen LogP contribution in [0.5, 0.6) is 0 Å². The molecule has 0 unspecified atom stereocenters. The Kier molecular flexibility index (Phi) is 4.25. The highest BCUT2D eigenvalue weighted by molar-refractivity contribution is 7.99. The van der Waals surface area contributed by atoms with Crippen LogP contribution in [-0.4, -0.2) is 26.8 Å². The first-order valence-corrected chi connectivity index (χ1v) is 5.27. The maximum Gasteiger partial charge on any atom is 0.331 e. The van der Waals surface area contributed by atoms with Gasteiger partial charge in [0.25, 0.3) is 0 Å². The van der Waals surface area contributed by atoms with Gasteiger partial charge in [0, 0.05) is 23.7 Å². The van der Waals surface area contributed by atoms with E-state index in [1.165, 1.54) is 11.8 Å². The summed E-state index contributed by atoms with van der Waals surface area (Å²) in [7, 11) is 0. The maximum absolute atomic E-state index is 10.6. The van der Waals surface area contributed by atoms with Crippen LogP contribution in [0.15, 0.2) is 29.2 Å². The van der Waals surface area contributed by atoms with Crippen molar-refractivity contribution >= 4 is 17.7 Å². The normalized spacial score (nSPS) is 11.6. The Labute approximate surface area is 86.4 Å². The smallest absolute Gasteiger partial charge is 0.331 e. The second-order valence-electron chi connectivity index (χ2n) is 2.59. The summed E-state index contributed by atoms with van der Waals surface area (Å²) in [5.74, 6) is -0.212. The third kappa shape index (κ3) is 3.26. The number of rotatable bonds is 5. The number of hydrogen-bond donors (Lipinski definition) is 2. The molecule has 0 fully saturated rings. The molecule has 14 heavy (non-hydrogen) atoms. The summed E-state index contributed by atoms with van der Waals surface area (Å²) in [5.41, 5.74) is 0.448. The Balaban J connectivity index is 2.42. The van der Waals surface area contributed by atoms with Gasteiger partial charge in [0.15, 0.2) is 5.16 Å². The van der Waals surface area contributed by atoms with Gasteiger partial charge in [-0.15, -0.1) is 0 Å². The Bertz CT molecular complexity index is 320. The van der Waals surface area contributed by atoms with Crippen LogP contribution in [0.2, 0.25) is 0 Å². The number of aliphatic carboxylic acids is 1. The van der Waals surface area contributed by atoms with Crippen molar-refractivity contribution in [3.05, 3.63) is 24.0 Å². The lowest BCUT2D eigenvalue weighted by atomic mass is 10.2. The number of carbonyl (C=O) groups is 1. The lowest BCUT2D eigenvalue weighted by Crippen LogP contribution is -1.99. The van der Waals surface area contributed by atoms with E-state index in [0.717, 1.165) is 5.16 Å². The number of carboxylic acid groups (broad SMARTS) is 1. The number of aromatic amines is 1. The molecule has 0 spiro atoms. The molecule has 0 atom stereocenters. The first kappa shape index (κ1) is 10.8. The number of nitrogens with zero attached hydrogens (tertiary/aromatic N) is 1. The fraction of sp³-hybridized carbons (Fsp3) is 0.333. The van der Waals surface area contributed by atoms with Crippen LogP contribution in [0.4, 0.5) is 0 Å². The van der Waals surface area contributed by atoms with Crippen molar-refractivity contribution < 1.29 is 9.90 Å². The zero-order valence-electron chi connectivity index (χ0n) is 7.86. The summed E-state index contributed by atoms with van der Waals surface area (Å²) in [6, 6.07) is 0. The Hall–Kier alpha value is -1.23. The summed E-state index contributed by atoms with van der Waals surface area (Å²) >= 11 is 1.48. The number of aromatic nitrogens is 2. The molecular formula is C9H12N2O2S. The van der Waals surface area contributed by atoms with Gasteiger partial charge in [-0.05, 0) is 6.42 Å². The van der Waals surface area contributed by atoms with E-state index >= 15 is 0 Å². The van der Waals surface area contributed by atoms with Crippen molar-refractivity contribution in [3.63, 3.8) is 0 Å². The quantitative estimate of drug-likeness (QED) is 0.578. The van der Waals surface area contributed by atoms with Gasteiger partial charge >= 0.3 is 5.97 Å². The summed E-state index contributed by atoms with van der Waals surface area (Å²) < 4.78 is 0. The highest BCUT2D eigenvalue weighted by Gasteiger charge is 2.03. The predicted octanol–water partition coefficient (Wildman–Crippen LogP) is 1.92. The number of thioether (sulfide) groups is 1. The van der Waals surface area contributed by atoms with Crippen LogP contribution in [0.1, 0.15) is 13.3 Å². The molecule has 0 aromatic carbocycles. The van der Waals surface area contributed by atoms with Gasteiger partial charge in [0.1, 0.15) is 0 Å². The van der Waals surface area contributed by atoms with Crippen LogP contribution in [0.25, 0.3) is 0 Å². The first-order chi connectivity index (χ1) is 6.74. The average molecular weight is 212 g/mol. The van der Waals surface area contributed by atoms with Gasteiger partial charge in [-0.25, -0.2) is 9.78 Å². The second kappa shape index (κ2) is 5.49. The van der Waals surface area contributed by atoms with E-state index in [1.807, 2.05) is 6.92 Å². The van der Waals surface area contributed by atoms with Crippen LogP contribution in [0.3, 0.4) is 0 Å². The highest BCUT2D eigenvalue weighted by atomic mass is 32.2. The molecule has 0 aliphatic heterocycles. The molecule has 1 aromatic heterocycles. The fourth-order valence-corrected chi connectivity index (χ4v) is 1.66. The van der Waals surface area contributed by atoms with Crippen LogP contribution >= 0.6 is 11.8 Å². The van der Waals surface area contributed by atoms with E-state index in [-0.39, 0.29) is 0 Å². The number of H-pyrrole nitrogens is 1. The molecule has 0 aliphatic carbocycles. The van der Waals surface area contributed by atoms with Gasteiger partial charge in [-0.3, -0.25) is 0 Å². The molecule has 0 radical (unpaired) electrons. The molecule has 2 N–H and O–H groups in total. The molecule has 0 aliphatic rings. The van der Waals surface area contributed by atoms with E-state index in [0.29, 0.717) is 17.7 Å². The third-order valence-corrected chi connectivity index (χ3v) is 2.51. The molecule has 4 nitrogen and oxygen atoms in total. The molecule has 1 rings (SSSR count). The van der Waals surface area contributed by atoms with E-state index in [1.54, 1.807) is 18.5 Å². The first-order valence-electron chi connectivity index (χ1n) is 4.28. The third-order valence-electron chi connectivity index (χ3n) is 1.68. The van der Waals surface area contributed by atoms with Gasteiger partial charge in [0.2, 0.25) is 0 Å². The molecule has 5 heteroatoms. The summed E-state index contributed by atoms with van der Waals surface area (Å²) in [6.07, 6.45) is 5.68. The van der Waals surface area contributed by atoms with E-state index in [2.05, 4.69) is 9.97 Å². The molecule has 0 saturated heterocycles. The zero-order chi connectivity index (χ0) is 10.4. The summed E-state index contributed by atoms with van der Waals surface area (Å²) in [6.45, 7) is 1.83. The van der Waals surface area contributed by atoms with Gasteiger partial charge in [-0.1, -0.05) is 24.8 Å². The SMILES string of the molecule is CC/C(=C/CSc1ncc[nH]1)C(=O)O. The fourth-order valence-electron chi connectivity index (χ4n) is 0.934. The number of imidazole rings is 1. The van der Waals surface area contributed by atoms with E-state index in [4.69, 9.17) is 5.11 Å². The molecular weight excluding hydrogens is 200 g/mol. The maximum atomic E-state index is 10.6. The van der Waals surface area contributed by atoms with Crippen molar-refractivity contribution in [2.45, 2.75) is 18.5 Å². The van der Waals surface area contributed by atoms with Crippen LogP contribution < -0.4 is 0 Å². The molecule has 1 heterocycles. The van der Waals surface area contributed by atoms with Crippen LogP contribution in [0, 0.1) is 0 Å². The van der Waals surface area contributed by atoms with E-state index < -0.39 is 5.97 Å². The molecule has 0 saturated carbocycles. The van der Waals surface area contributed by atoms with Crippen molar-refractivity contribution in [2.24, 2.45) is 0 Å². The standard InChI is InChI=1S/C9H12N2O2S/c1-2-7(8(12)13)3-6-14-9-10-4-5-11-9/h3-5H,2,6H2,1H3,(H,10,11)(H,12,13)/b7-3-. The average Bonchev–Trinajstić information content (AvgIpc) is 2.64. The summed E-state index contributed by atoms with van der Waals surface area (Å²) in [5, 5.41) is 9.54. The minimum atomic E-state index is -0.840. The number of nitrogens with one attached hydrogen (secondary N) is 1. The minimum absolute atomic E-state index is 0.448. The molecule has 0 amide bonds. The summed E-state index contributed by atoms with van der Waals surface area (Å²) in [4.78, 5) is 17.6. The van der Waals surface area contributed by atoms with E-state index in [9.17, 15) is 4.79 Å². The molecule has 0 bridgehead atoms. The van der Waals surface area contributed by atoms with Crippen molar-refractivity contribution in [1.82, 2.24) is 9.97 Å². The Morgan fingerprint density at radius 3 is 3.07 bits per heavy atom. The minimum Gasteiger partial charge on any atom is -0.478 e. The topological polar surface area (TPSA) is 66.0 Å². The largest absolute Gasteiger partial charge is 0.478 e. The monoisotopic (exact) mass is 212 g/mol. The predicted molar refractivity (Wildman–Crippen MR) is 55.3 cm³/mol. The Morgan fingerprint density at radius 2 is 2.57 bits per heavy atom. The van der Waals surface area contributed by atoms with Gasteiger partial charge < -0.3 is 10.1 Å². The number of carboxylic acids is 1. The molecule has 76 valence electrons. The highest BCUT2D eigenvalue weighted by Crippen LogP contribution is 2.13. The number of hydrogen-bond acceptors (Lipinski definition) is 3. The second-order valence-corrected chi connectivity index (χ2v) is 3.60. The zero-order valence-corrected chi connectivity index (χ0v) is 8.67. The van der Waals surface area contributed by atoms with Crippen molar-refractivity contribution in [3.8, 4) is 0 Å². The lowest BCUT2D eigenvalue weighted by Gasteiger charge is -1.96. The van der Waals surface area contributed by atoms with Gasteiger partial charge in [-0.2, -0.15) is 0 Å². The van der Waals surface area contributed by atoms with Crippen LogP contribution in [-0.2, 0) is 4.79 Å². The molecule has 1 aromatic rings. The van der Waals surface area contributed by atoms with Gasteiger partial charge in [0.05, 0.1) is 0 Å².